The lowest BCUT2D eigenvalue weighted by atomic mass is 9.98. The van der Waals surface area contributed by atoms with Gasteiger partial charge in [0.2, 0.25) is 0 Å². The van der Waals surface area contributed by atoms with Crippen LogP contribution in [0.4, 0.5) is 0 Å². The second-order valence-corrected chi connectivity index (χ2v) is 3.91. The number of aryl methyl sites for hydroxylation is 1. The molecule has 4 heteroatoms. The maximum Gasteiger partial charge on any atom is 0.138 e. The summed E-state index contributed by atoms with van der Waals surface area (Å²) in [6.45, 7) is 0. The lowest BCUT2D eigenvalue weighted by molar-refractivity contribution is 0.0453. The lowest BCUT2D eigenvalue weighted by Gasteiger charge is -2.20. The van der Waals surface area contributed by atoms with E-state index in [2.05, 4.69) is 10.1 Å². The molecule has 1 heterocycles. The van der Waals surface area contributed by atoms with Gasteiger partial charge in [-0.25, -0.2) is 4.98 Å². The van der Waals surface area contributed by atoms with Crippen molar-refractivity contribution in [3.05, 3.63) is 12.2 Å². The molecule has 1 aliphatic rings. The van der Waals surface area contributed by atoms with Crippen LogP contribution in [0.1, 0.15) is 31.5 Å². The average molecular weight is 181 g/mol. The molecular weight excluding hydrogens is 166 g/mol. The van der Waals surface area contributed by atoms with E-state index in [4.69, 9.17) is 0 Å². The van der Waals surface area contributed by atoms with Crippen LogP contribution in [-0.2, 0) is 13.5 Å². The fourth-order valence-corrected chi connectivity index (χ4v) is 1.98. The molecule has 0 atom stereocenters. The van der Waals surface area contributed by atoms with Crippen LogP contribution >= 0.6 is 0 Å². The Hall–Kier alpha value is -0.900. The van der Waals surface area contributed by atoms with Crippen LogP contribution in [0.3, 0.4) is 0 Å². The van der Waals surface area contributed by atoms with Crippen LogP contribution in [0.5, 0.6) is 0 Å². The number of aromatic nitrogens is 3. The molecule has 13 heavy (non-hydrogen) atoms. The van der Waals surface area contributed by atoms with Crippen LogP contribution < -0.4 is 0 Å². The average Bonchev–Trinajstić information content (AvgIpc) is 2.64. The molecular formula is C9H15N3O. The molecule has 2 rings (SSSR count). The predicted molar refractivity (Wildman–Crippen MR) is 48.1 cm³/mol. The van der Waals surface area contributed by atoms with Gasteiger partial charge in [-0.3, -0.25) is 4.68 Å². The highest BCUT2D eigenvalue weighted by atomic mass is 16.3. The Labute approximate surface area is 77.6 Å². The first-order valence-electron chi connectivity index (χ1n) is 4.75. The summed E-state index contributed by atoms with van der Waals surface area (Å²) in [6, 6.07) is 0. The monoisotopic (exact) mass is 181 g/mol. The molecule has 1 aromatic rings. The van der Waals surface area contributed by atoms with E-state index in [9.17, 15) is 5.11 Å². The van der Waals surface area contributed by atoms with E-state index in [1.807, 2.05) is 7.05 Å². The SMILES string of the molecule is Cn1ncnc1CC1(O)CCCC1. The Bertz CT molecular complexity index is 289. The van der Waals surface area contributed by atoms with Crippen LogP contribution in [0, 0.1) is 0 Å². The van der Waals surface area contributed by atoms with Crippen molar-refractivity contribution in [2.24, 2.45) is 7.05 Å². The normalized spacial score (nSPS) is 20.8. The first kappa shape index (κ1) is 8.69. The summed E-state index contributed by atoms with van der Waals surface area (Å²) in [7, 11) is 1.86. The summed E-state index contributed by atoms with van der Waals surface area (Å²) in [4.78, 5) is 4.12. The molecule has 0 aliphatic heterocycles. The van der Waals surface area contributed by atoms with Gasteiger partial charge in [0, 0.05) is 13.5 Å². The Morgan fingerprint density at radius 2 is 2.23 bits per heavy atom. The first-order chi connectivity index (χ1) is 6.20. The molecule has 1 saturated carbocycles. The zero-order valence-electron chi connectivity index (χ0n) is 7.90. The number of hydrogen-bond donors (Lipinski definition) is 1. The highest BCUT2D eigenvalue weighted by Crippen LogP contribution is 2.31. The molecule has 4 nitrogen and oxygen atoms in total. The van der Waals surface area contributed by atoms with Gasteiger partial charge in [-0.05, 0) is 12.8 Å². The van der Waals surface area contributed by atoms with Gasteiger partial charge in [0.25, 0.3) is 0 Å². The molecule has 0 radical (unpaired) electrons. The van der Waals surface area contributed by atoms with Crippen molar-refractivity contribution in [2.45, 2.75) is 37.7 Å². The zero-order valence-corrected chi connectivity index (χ0v) is 7.90. The van der Waals surface area contributed by atoms with Crippen LogP contribution in [-0.4, -0.2) is 25.5 Å². The van der Waals surface area contributed by atoms with Crippen molar-refractivity contribution < 1.29 is 5.11 Å². The highest BCUT2D eigenvalue weighted by Gasteiger charge is 2.32. The van der Waals surface area contributed by atoms with E-state index in [0.29, 0.717) is 6.42 Å². The zero-order chi connectivity index (χ0) is 9.31. The van der Waals surface area contributed by atoms with Crippen molar-refractivity contribution in [3.63, 3.8) is 0 Å². The number of hydrogen-bond acceptors (Lipinski definition) is 3. The molecule has 0 spiro atoms. The number of rotatable bonds is 2. The number of nitrogens with zero attached hydrogens (tertiary/aromatic N) is 3. The van der Waals surface area contributed by atoms with Crippen molar-refractivity contribution in [2.75, 3.05) is 0 Å². The van der Waals surface area contributed by atoms with Gasteiger partial charge in [-0.1, -0.05) is 12.8 Å². The summed E-state index contributed by atoms with van der Waals surface area (Å²) in [6.07, 6.45) is 6.25. The summed E-state index contributed by atoms with van der Waals surface area (Å²) in [5.41, 5.74) is -0.513. The van der Waals surface area contributed by atoms with E-state index in [0.717, 1.165) is 31.5 Å². The third kappa shape index (κ3) is 1.72. The Morgan fingerprint density at radius 1 is 1.54 bits per heavy atom. The summed E-state index contributed by atoms with van der Waals surface area (Å²) < 4.78 is 1.73. The minimum absolute atomic E-state index is 0.513. The third-order valence-electron chi connectivity index (χ3n) is 2.83. The van der Waals surface area contributed by atoms with Crippen LogP contribution in [0.2, 0.25) is 0 Å². The number of aliphatic hydroxyl groups is 1. The Balaban J connectivity index is 2.09. The molecule has 1 aliphatic carbocycles. The Morgan fingerprint density at radius 3 is 2.77 bits per heavy atom. The van der Waals surface area contributed by atoms with Gasteiger partial charge in [0.1, 0.15) is 12.2 Å². The summed E-state index contributed by atoms with van der Waals surface area (Å²) in [5.74, 6) is 0.879. The lowest BCUT2D eigenvalue weighted by Crippen LogP contribution is -2.28. The molecule has 0 bridgehead atoms. The standard InChI is InChI=1S/C9H15N3O/c1-12-8(10-7-11-12)6-9(13)4-2-3-5-9/h7,13H,2-6H2,1H3. The molecule has 72 valence electrons. The van der Waals surface area contributed by atoms with E-state index in [-0.39, 0.29) is 0 Å². The fraction of sp³-hybridized carbons (Fsp3) is 0.778. The molecule has 1 N–H and O–H groups in total. The van der Waals surface area contributed by atoms with Gasteiger partial charge >= 0.3 is 0 Å². The smallest absolute Gasteiger partial charge is 0.138 e. The molecule has 0 unspecified atom stereocenters. The maximum atomic E-state index is 10.1. The first-order valence-corrected chi connectivity index (χ1v) is 4.75. The van der Waals surface area contributed by atoms with E-state index in [1.54, 1.807) is 4.68 Å². The quantitative estimate of drug-likeness (QED) is 0.729. The molecule has 0 aromatic carbocycles. The van der Waals surface area contributed by atoms with Gasteiger partial charge < -0.3 is 5.11 Å². The molecule has 0 amide bonds. The predicted octanol–water partition coefficient (Wildman–Crippen LogP) is 0.663. The van der Waals surface area contributed by atoms with Crippen molar-refractivity contribution in [3.8, 4) is 0 Å². The molecule has 1 aromatic heterocycles. The summed E-state index contributed by atoms with van der Waals surface area (Å²) >= 11 is 0. The van der Waals surface area contributed by atoms with Crippen LogP contribution in [0.15, 0.2) is 6.33 Å². The topological polar surface area (TPSA) is 50.9 Å². The van der Waals surface area contributed by atoms with Gasteiger partial charge in [-0.15, -0.1) is 0 Å². The van der Waals surface area contributed by atoms with Gasteiger partial charge in [-0.2, -0.15) is 5.10 Å². The third-order valence-corrected chi connectivity index (χ3v) is 2.83. The minimum atomic E-state index is -0.513. The summed E-state index contributed by atoms with van der Waals surface area (Å²) in [5, 5.41) is 14.1. The van der Waals surface area contributed by atoms with E-state index in [1.165, 1.54) is 6.33 Å². The van der Waals surface area contributed by atoms with E-state index >= 15 is 0 Å². The van der Waals surface area contributed by atoms with Crippen molar-refractivity contribution in [1.82, 2.24) is 14.8 Å². The highest BCUT2D eigenvalue weighted by molar-refractivity contribution is 4.96. The molecule has 1 fully saturated rings. The van der Waals surface area contributed by atoms with Crippen molar-refractivity contribution >= 4 is 0 Å². The molecule has 0 saturated heterocycles. The maximum absolute atomic E-state index is 10.1. The fourth-order valence-electron chi connectivity index (χ4n) is 1.98. The van der Waals surface area contributed by atoms with Gasteiger partial charge in [0.15, 0.2) is 0 Å². The second-order valence-electron chi connectivity index (χ2n) is 3.91. The van der Waals surface area contributed by atoms with Crippen LogP contribution in [0.25, 0.3) is 0 Å². The minimum Gasteiger partial charge on any atom is -0.389 e. The largest absolute Gasteiger partial charge is 0.389 e. The van der Waals surface area contributed by atoms with Gasteiger partial charge in [0.05, 0.1) is 5.60 Å². The van der Waals surface area contributed by atoms with Crippen molar-refractivity contribution in [1.29, 1.82) is 0 Å². The Kier molecular flexibility index (Phi) is 2.07. The second kappa shape index (κ2) is 3.10. The van der Waals surface area contributed by atoms with E-state index < -0.39 is 5.60 Å².